The molecular weight excluding hydrogens is 1320 g/mol. The Bertz CT molecular complexity index is 4080. The molecule has 1 saturated heterocycles. The number of hydrogen-bond donors (Lipinski definition) is 10. The number of unbranched alkanes of at least 4 members (excludes halogenated alkanes) is 2. The summed E-state index contributed by atoms with van der Waals surface area (Å²) in [5.74, 6) is 2.97. The SMILES string of the molecule is CCN1/C(=C/C=C/C2=[N+](CCCCCC(=O)NCCSSCCC(=O)NCC#Cc3cn([C@H]4C[C@@H](OCN=[N+]=[N-])[C@@H](COP(=O)(O)CP(=O)(O)CP(=O)(O)O)O4)c4nc(N)[nH]c(=O)c34)c3ccc(S(=O)(=O)O)cc3C2(C)C)C(C)(C)c2cc(S(=O)(=O)O)ccc21. The molecule has 0 saturated carbocycles. The number of rotatable bonds is 30. The Balaban J connectivity index is 0.859. The van der Waals surface area contributed by atoms with Crippen molar-refractivity contribution < 1.29 is 87.4 Å². The monoisotopic (exact) mass is 1390 g/mol. The van der Waals surface area contributed by atoms with Crippen molar-refractivity contribution in [3.63, 3.8) is 0 Å². The van der Waals surface area contributed by atoms with Crippen LogP contribution in [-0.2, 0) is 68.3 Å². The minimum Gasteiger partial charge on any atom is -0.369 e. The first-order chi connectivity index (χ1) is 42.1. The Hall–Kier alpha value is -5.65. The van der Waals surface area contributed by atoms with E-state index in [0.717, 1.165) is 28.3 Å². The zero-order chi connectivity index (χ0) is 66.2. The predicted octanol–water partition coefficient (Wildman–Crippen LogP) is 6.56. The van der Waals surface area contributed by atoms with Gasteiger partial charge in [0, 0.05) is 95.9 Å². The number of nitrogen functional groups attached to an aromatic ring is 1. The van der Waals surface area contributed by atoms with Crippen LogP contribution in [0.15, 0.2) is 86.2 Å². The summed E-state index contributed by atoms with van der Waals surface area (Å²) in [6.07, 6.45) is 6.40. The second-order valence-corrected chi connectivity index (χ2v) is 34.5. The van der Waals surface area contributed by atoms with E-state index in [4.69, 9.17) is 35.0 Å². The van der Waals surface area contributed by atoms with Gasteiger partial charge in [-0.15, -0.1) is 0 Å². The summed E-state index contributed by atoms with van der Waals surface area (Å²) in [6.45, 7) is 10.1. The molecule has 3 aliphatic rings. The standard InChI is InChI=1S/C53H70N11O19P3S4/c1-6-62-39-18-16-35(89(75,76)77)26-37(39)52(2,3)43(62)13-10-14-44-53(4,5)38-27-36(90(78,79)80)17-19-40(38)63(44)23-9-7-8-15-45(65)57-22-25-88-87-24-20-46(66)56-21-11-12-34-29-64(49-48(34)50(67)60-51(54)59-49)47-28-41(81-31-58-61-55)42(83-47)30-82-86(73,74)33-84(68,69)32-85(70,71)72/h10,13-14,16-19,26-27,29,41-42,47H,6-9,15,20-25,28,30-33H2,1-5H3,(H10-,54,56,57,59,60,65,66,67,68,69,70,71,72,73,74,75,76,77,78,79,80)/p+1/t41-,42-,47-/m1/s1. The van der Waals surface area contributed by atoms with Gasteiger partial charge in [0.05, 0.1) is 45.4 Å². The molecule has 5 heterocycles. The molecule has 0 aliphatic carbocycles. The number of allylic oxidation sites excluding steroid dienone is 4. The lowest BCUT2D eigenvalue weighted by Gasteiger charge is -2.25. The summed E-state index contributed by atoms with van der Waals surface area (Å²) >= 11 is 0. The molecule has 3 aliphatic heterocycles. The molecule has 490 valence electrons. The minimum absolute atomic E-state index is 0.000124. The molecule has 2 unspecified atom stereocenters. The number of ether oxygens (including phenoxy) is 2. The van der Waals surface area contributed by atoms with Gasteiger partial charge in [0.1, 0.15) is 37.4 Å². The Morgan fingerprint density at radius 3 is 2.32 bits per heavy atom. The molecular formula is C53H71N11O19P3S4+. The molecule has 2 amide bonds. The van der Waals surface area contributed by atoms with Gasteiger partial charge in [-0.25, -0.2) is 0 Å². The van der Waals surface area contributed by atoms with Gasteiger partial charge in [-0.1, -0.05) is 58.5 Å². The summed E-state index contributed by atoms with van der Waals surface area (Å²) in [5, 5.41) is 8.95. The van der Waals surface area contributed by atoms with E-state index in [1.54, 1.807) is 12.1 Å². The van der Waals surface area contributed by atoms with Crippen LogP contribution in [0.25, 0.3) is 21.5 Å². The van der Waals surface area contributed by atoms with Crippen molar-refractivity contribution in [1.29, 1.82) is 0 Å². The lowest BCUT2D eigenvalue weighted by molar-refractivity contribution is -0.438. The van der Waals surface area contributed by atoms with Gasteiger partial charge in [-0.2, -0.15) is 26.4 Å². The fraction of sp³-hybridized carbons (Fsp3) is 0.491. The van der Waals surface area contributed by atoms with Crippen molar-refractivity contribution in [2.24, 2.45) is 5.11 Å². The number of aromatic amines is 1. The summed E-state index contributed by atoms with van der Waals surface area (Å²) in [6, 6.07) is 9.11. The number of anilines is 2. The second kappa shape index (κ2) is 29.5. The zero-order valence-electron chi connectivity index (χ0n) is 49.5. The number of hydrogen-bond acceptors (Lipinski definition) is 19. The Morgan fingerprint density at radius 2 is 1.64 bits per heavy atom. The normalized spacial score (nSPS) is 19.7. The molecule has 37 heteroatoms. The number of amides is 2. The average molecular weight is 1390 g/mol. The molecule has 2 aromatic carbocycles. The Labute approximate surface area is 526 Å². The maximum absolute atomic E-state index is 13.2. The zero-order valence-corrected chi connectivity index (χ0v) is 55.4. The molecule has 2 aromatic heterocycles. The average Bonchev–Trinajstić information content (AvgIpc) is 1.61. The van der Waals surface area contributed by atoms with E-state index in [-0.39, 0.29) is 63.5 Å². The second-order valence-electron chi connectivity index (χ2n) is 22.1. The molecule has 0 spiro atoms. The Morgan fingerprint density at radius 1 is 0.967 bits per heavy atom. The number of benzene rings is 2. The number of carbonyl (C=O) groups excluding carboxylic acids is 2. The number of nitrogens with two attached hydrogens (primary N) is 1. The van der Waals surface area contributed by atoms with Crippen LogP contribution < -0.4 is 26.8 Å². The highest BCUT2D eigenvalue weighted by molar-refractivity contribution is 8.76. The number of carbonyl (C=O) groups is 2. The number of nitrogens with zero attached hydrogens (tertiary/aromatic N) is 7. The van der Waals surface area contributed by atoms with E-state index in [9.17, 15) is 63.8 Å². The van der Waals surface area contributed by atoms with Gasteiger partial charge in [0.25, 0.3) is 25.8 Å². The van der Waals surface area contributed by atoms with Crippen molar-refractivity contribution in [2.45, 2.75) is 112 Å². The topological polar surface area (TPSA) is 458 Å². The Kier molecular flexibility index (Phi) is 23.6. The third-order valence-corrected chi connectivity index (χ3v) is 26.0. The van der Waals surface area contributed by atoms with E-state index >= 15 is 0 Å². The van der Waals surface area contributed by atoms with Crippen LogP contribution in [0.2, 0.25) is 0 Å². The van der Waals surface area contributed by atoms with E-state index < -0.39 is 103 Å². The van der Waals surface area contributed by atoms with Crippen LogP contribution >= 0.6 is 44.1 Å². The molecule has 1 fully saturated rings. The van der Waals surface area contributed by atoms with E-state index in [0.29, 0.717) is 62.4 Å². The lowest BCUT2D eigenvalue weighted by atomic mass is 9.81. The molecule has 0 radical (unpaired) electrons. The van der Waals surface area contributed by atoms with Crippen LogP contribution in [0.1, 0.15) is 96.1 Å². The van der Waals surface area contributed by atoms with Crippen molar-refractivity contribution in [3.05, 3.63) is 104 Å². The van der Waals surface area contributed by atoms with E-state index in [1.165, 1.54) is 56.6 Å². The molecule has 11 N–H and O–H groups in total. The van der Waals surface area contributed by atoms with Crippen LogP contribution in [0, 0.1) is 11.8 Å². The first kappa shape index (κ1) is 71.8. The van der Waals surface area contributed by atoms with Gasteiger partial charge in [0.15, 0.2) is 11.4 Å². The fourth-order valence-corrected chi connectivity index (χ4v) is 20.1. The highest BCUT2D eigenvalue weighted by Crippen LogP contribution is 2.63. The number of azide groups is 1. The summed E-state index contributed by atoms with van der Waals surface area (Å²) in [7, 11) is -20.8. The van der Waals surface area contributed by atoms with Crippen molar-refractivity contribution >= 4 is 110 Å². The molecule has 0 bridgehead atoms. The summed E-state index contributed by atoms with van der Waals surface area (Å²) in [5.41, 5.74) is 17.7. The summed E-state index contributed by atoms with van der Waals surface area (Å²) in [4.78, 5) is 88.2. The maximum atomic E-state index is 13.2. The maximum Gasteiger partial charge on any atom is 0.337 e. The van der Waals surface area contributed by atoms with Crippen LogP contribution in [0.4, 0.5) is 17.3 Å². The van der Waals surface area contributed by atoms with Gasteiger partial charge in [-0.3, -0.25) is 42.2 Å². The largest absolute Gasteiger partial charge is 0.369 e. The van der Waals surface area contributed by atoms with Crippen molar-refractivity contribution in [1.82, 2.24) is 25.2 Å². The predicted molar refractivity (Wildman–Crippen MR) is 339 cm³/mol. The smallest absolute Gasteiger partial charge is 0.337 e. The van der Waals surface area contributed by atoms with Gasteiger partial charge in [0.2, 0.25) is 30.8 Å². The third-order valence-electron chi connectivity index (χ3n) is 14.9. The van der Waals surface area contributed by atoms with Gasteiger partial charge >= 0.3 is 15.2 Å². The van der Waals surface area contributed by atoms with Crippen LogP contribution in [0.3, 0.4) is 0 Å². The van der Waals surface area contributed by atoms with E-state index in [1.807, 2.05) is 52.8 Å². The third kappa shape index (κ3) is 18.3. The molecule has 4 aromatic rings. The van der Waals surface area contributed by atoms with Crippen molar-refractivity contribution in [2.75, 3.05) is 73.5 Å². The minimum atomic E-state index is -5.04. The number of nitrogens with one attached hydrogen (secondary N) is 3. The first-order valence-corrected chi connectivity index (χ1v) is 38.8. The molecule has 30 nitrogen and oxygen atoms in total. The molecule has 90 heavy (non-hydrogen) atoms. The summed E-state index contributed by atoms with van der Waals surface area (Å²) < 4.78 is 125. The number of aromatic nitrogens is 3. The van der Waals surface area contributed by atoms with Crippen LogP contribution in [-0.4, -0.2) is 157 Å². The van der Waals surface area contributed by atoms with Gasteiger partial charge < -0.3 is 59.4 Å². The quantitative estimate of drug-likeness (QED) is 0.00304. The highest BCUT2D eigenvalue weighted by Gasteiger charge is 2.46. The molecule has 7 rings (SSSR count). The van der Waals surface area contributed by atoms with Crippen LogP contribution in [0.5, 0.6) is 0 Å². The lowest BCUT2D eigenvalue weighted by Crippen LogP contribution is -2.29. The number of H-pyrrole nitrogens is 1. The number of likely N-dealkylation sites (N-methyl/N-ethyl adjacent to an activating group) is 1. The number of fused-ring (bicyclic) bond motifs is 3. The van der Waals surface area contributed by atoms with Gasteiger partial charge in [-0.05, 0) is 81.1 Å². The molecule has 5 atom stereocenters. The van der Waals surface area contributed by atoms with Crippen molar-refractivity contribution in [3.8, 4) is 11.8 Å². The van der Waals surface area contributed by atoms with E-state index in [2.05, 4.69) is 51.9 Å². The fourth-order valence-electron chi connectivity index (χ4n) is 10.8. The highest BCUT2D eigenvalue weighted by atomic mass is 33.1. The first-order valence-electron chi connectivity index (χ1n) is 27.9.